The van der Waals surface area contributed by atoms with Gasteiger partial charge in [0.2, 0.25) is 0 Å². The minimum Gasteiger partial charge on any atom is -0.462 e. The summed E-state index contributed by atoms with van der Waals surface area (Å²) >= 11 is 0. The molecule has 53 heavy (non-hydrogen) atoms. The van der Waals surface area contributed by atoms with Crippen LogP contribution in [0.2, 0.25) is 0 Å². The number of carbonyl (C=O) groups excluding carboxylic acids is 2. The van der Waals surface area contributed by atoms with Crippen LogP contribution in [0.4, 0.5) is 0 Å². The number of allylic oxidation sites excluding steroid dienone is 1. The number of aryl methyl sites for hydroxylation is 2. The molecule has 0 aliphatic heterocycles. The summed E-state index contributed by atoms with van der Waals surface area (Å²) in [7, 11) is 0. The Morgan fingerprint density at radius 1 is 0.679 bits per heavy atom. The zero-order chi connectivity index (χ0) is 36.7. The first-order valence-electron chi connectivity index (χ1n) is 18.0. The first kappa shape index (κ1) is 35.0. The third-order valence-electron chi connectivity index (χ3n) is 9.68. The van der Waals surface area contributed by atoms with E-state index in [1.165, 1.54) is 28.8 Å². The standard InChI is InChI=1S/C47H42N2O4/c1-4-46(50)52-27-25-34-21-23-43-38(29-34)14-8-6-7-13-33(3)48(43)39-17-11-15-36(31-39)37-16-12-18-40(32-37)49-44-20-10-9-19-41(44)42-30-35(22-24-45(42)49)26-28-53-47(51)5-2/h4-8,10-18,20-24,29-32H,1-2,9,19,25-28H2,3H3. The van der Waals surface area contributed by atoms with E-state index < -0.39 is 11.9 Å². The van der Waals surface area contributed by atoms with Gasteiger partial charge in [0.05, 0.1) is 24.2 Å². The van der Waals surface area contributed by atoms with Crippen LogP contribution in [0.3, 0.4) is 0 Å². The van der Waals surface area contributed by atoms with Crippen LogP contribution in [0.1, 0.15) is 34.5 Å². The smallest absolute Gasteiger partial charge is 0.330 e. The quantitative estimate of drug-likeness (QED) is 0.0998. The number of ether oxygens (including phenoxy) is 2. The van der Waals surface area contributed by atoms with Crippen LogP contribution in [0.15, 0.2) is 147 Å². The van der Waals surface area contributed by atoms with Crippen molar-refractivity contribution in [3.8, 4) is 22.5 Å². The Morgan fingerprint density at radius 3 is 1.98 bits per heavy atom. The Kier molecular flexibility index (Phi) is 10.5. The second kappa shape index (κ2) is 15.9. The van der Waals surface area contributed by atoms with Gasteiger partial charge in [-0.1, -0.05) is 79.9 Å². The molecule has 1 aliphatic carbocycles. The van der Waals surface area contributed by atoms with Crippen LogP contribution >= 0.6 is 0 Å². The van der Waals surface area contributed by atoms with Gasteiger partial charge in [-0.25, -0.2) is 9.59 Å². The molecule has 0 atom stereocenters. The molecule has 6 nitrogen and oxygen atoms in total. The number of hydrogen-bond acceptors (Lipinski definition) is 4. The molecule has 0 fully saturated rings. The normalized spacial score (nSPS) is 11.9. The van der Waals surface area contributed by atoms with Crippen LogP contribution < -0.4 is 0 Å². The molecule has 0 radical (unpaired) electrons. The van der Waals surface area contributed by atoms with E-state index in [1.807, 2.05) is 6.07 Å². The monoisotopic (exact) mass is 698 g/mol. The van der Waals surface area contributed by atoms with Gasteiger partial charge in [-0.15, -0.1) is 0 Å². The van der Waals surface area contributed by atoms with Gasteiger partial charge in [0, 0.05) is 53.1 Å². The maximum atomic E-state index is 11.6. The van der Waals surface area contributed by atoms with E-state index in [1.54, 1.807) is 0 Å². The van der Waals surface area contributed by atoms with Crippen LogP contribution in [-0.2, 0) is 38.3 Å². The lowest BCUT2D eigenvalue weighted by Crippen LogP contribution is -2.05. The SMILES string of the molecule is C=CC(=O)OCCc1ccc2c(cccccc(C)n2-c2cccc(-c3cccc(-n4c5c(c6cc(CCOC(=O)C=C)ccc64)CCC=C5)c3)c2)c1. The molecule has 0 unspecified atom stereocenters. The molecule has 2 heterocycles. The van der Waals surface area contributed by atoms with Crippen molar-refractivity contribution < 1.29 is 19.1 Å². The molecule has 0 spiro atoms. The zero-order valence-electron chi connectivity index (χ0n) is 30.0. The second-order valence-electron chi connectivity index (χ2n) is 13.1. The number of fused-ring (bicyclic) bond motifs is 4. The van der Waals surface area contributed by atoms with E-state index in [-0.39, 0.29) is 0 Å². The molecular weight excluding hydrogens is 657 g/mol. The summed E-state index contributed by atoms with van der Waals surface area (Å²) < 4.78 is 15.2. The summed E-state index contributed by atoms with van der Waals surface area (Å²) in [5.74, 6) is -0.812. The molecule has 0 bridgehead atoms. The summed E-state index contributed by atoms with van der Waals surface area (Å²) in [6.07, 6.45) is 10.1. The van der Waals surface area contributed by atoms with Crippen LogP contribution in [0, 0.1) is 6.92 Å². The summed E-state index contributed by atoms with van der Waals surface area (Å²) in [5, 5.41) is 2.31. The Bertz CT molecular complexity index is 2460. The fourth-order valence-electron chi connectivity index (χ4n) is 7.14. The van der Waals surface area contributed by atoms with Crippen LogP contribution in [0.25, 0.3) is 50.4 Å². The van der Waals surface area contributed by atoms with Gasteiger partial charge in [0.15, 0.2) is 0 Å². The largest absolute Gasteiger partial charge is 0.462 e. The molecule has 0 N–H and O–H groups in total. The number of carbonyl (C=O) groups is 2. The van der Waals surface area contributed by atoms with Crippen molar-refractivity contribution in [1.29, 1.82) is 0 Å². The van der Waals surface area contributed by atoms with Gasteiger partial charge in [-0.3, -0.25) is 0 Å². The van der Waals surface area contributed by atoms with E-state index in [0.29, 0.717) is 26.1 Å². The van der Waals surface area contributed by atoms with Gasteiger partial charge >= 0.3 is 11.9 Å². The van der Waals surface area contributed by atoms with Crippen molar-refractivity contribution in [2.75, 3.05) is 13.2 Å². The molecule has 0 saturated heterocycles. The number of hydrogen-bond donors (Lipinski definition) is 0. The molecule has 7 rings (SSSR count). The molecule has 264 valence electrons. The maximum Gasteiger partial charge on any atom is 0.330 e. The molecule has 6 heteroatoms. The van der Waals surface area contributed by atoms with E-state index >= 15 is 0 Å². The number of esters is 2. The molecule has 0 saturated carbocycles. The van der Waals surface area contributed by atoms with E-state index in [2.05, 4.69) is 151 Å². The van der Waals surface area contributed by atoms with Gasteiger partial charge < -0.3 is 18.6 Å². The van der Waals surface area contributed by atoms with Crippen molar-refractivity contribution >= 4 is 39.8 Å². The van der Waals surface area contributed by atoms with Crippen molar-refractivity contribution in [1.82, 2.24) is 9.13 Å². The average Bonchev–Trinajstić information content (AvgIpc) is 3.55. The fourth-order valence-corrected chi connectivity index (χ4v) is 7.14. The summed E-state index contributed by atoms with van der Waals surface area (Å²) in [4.78, 5) is 23.2. The Morgan fingerprint density at radius 2 is 1.30 bits per heavy atom. The second-order valence-corrected chi connectivity index (χ2v) is 13.1. The van der Waals surface area contributed by atoms with Crippen LogP contribution in [0.5, 0.6) is 0 Å². The molecular formula is C47H42N2O4. The van der Waals surface area contributed by atoms with Gasteiger partial charge in [0.25, 0.3) is 0 Å². The highest BCUT2D eigenvalue weighted by Gasteiger charge is 2.19. The maximum absolute atomic E-state index is 11.6. The number of benzene rings is 4. The average molecular weight is 699 g/mol. The van der Waals surface area contributed by atoms with Crippen molar-refractivity contribution in [2.45, 2.75) is 32.6 Å². The topological polar surface area (TPSA) is 62.5 Å². The number of nitrogens with zero attached hydrogens (tertiary/aromatic N) is 2. The molecule has 1 aliphatic rings. The Labute approximate surface area is 310 Å². The third kappa shape index (κ3) is 7.63. The highest BCUT2D eigenvalue weighted by Crippen LogP contribution is 2.36. The molecule has 0 amide bonds. The lowest BCUT2D eigenvalue weighted by atomic mass is 9.99. The zero-order valence-corrected chi connectivity index (χ0v) is 30.0. The predicted molar refractivity (Wildman–Crippen MR) is 215 cm³/mol. The Balaban J connectivity index is 1.27. The Hall–Kier alpha value is -6.40. The van der Waals surface area contributed by atoms with Crippen molar-refractivity contribution in [3.63, 3.8) is 0 Å². The highest BCUT2D eigenvalue weighted by molar-refractivity contribution is 5.91. The van der Waals surface area contributed by atoms with E-state index in [9.17, 15) is 9.59 Å². The first-order valence-corrected chi connectivity index (χ1v) is 18.0. The van der Waals surface area contributed by atoms with Gasteiger partial charge in [-0.2, -0.15) is 0 Å². The number of aromatic nitrogens is 2. The van der Waals surface area contributed by atoms with Gasteiger partial charge in [-0.05, 0) is 114 Å². The third-order valence-corrected chi connectivity index (χ3v) is 9.68. The molecule has 2 aromatic heterocycles. The lowest BCUT2D eigenvalue weighted by Gasteiger charge is -2.16. The minimum atomic E-state index is -0.413. The molecule has 4 aromatic carbocycles. The lowest BCUT2D eigenvalue weighted by molar-refractivity contribution is -0.138. The van der Waals surface area contributed by atoms with E-state index in [0.717, 1.165) is 68.6 Å². The summed E-state index contributed by atoms with van der Waals surface area (Å²) in [5.41, 5.74) is 12.5. The first-order chi connectivity index (χ1) is 25.9. The fraction of sp³-hybridized carbons (Fsp3) is 0.149. The minimum absolute atomic E-state index is 0.297. The van der Waals surface area contributed by atoms with Gasteiger partial charge in [0.1, 0.15) is 0 Å². The summed E-state index contributed by atoms with van der Waals surface area (Å²) in [6, 6.07) is 40.8. The predicted octanol–water partition coefficient (Wildman–Crippen LogP) is 10.2. The van der Waals surface area contributed by atoms with Crippen molar-refractivity contribution in [2.24, 2.45) is 0 Å². The van der Waals surface area contributed by atoms with Crippen molar-refractivity contribution in [3.05, 3.63) is 175 Å². The summed E-state index contributed by atoms with van der Waals surface area (Å²) in [6.45, 7) is 9.72. The number of rotatable bonds is 11. The molecule has 6 aromatic rings. The van der Waals surface area contributed by atoms with E-state index in [4.69, 9.17) is 9.47 Å². The van der Waals surface area contributed by atoms with Crippen LogP contribution in [-0.4, -0.2) is 34.3 Å². The highest BCUT2D eigenvalue weighted by atomic mass is 16.5.